The highest BCUT2D eigenvalue weighted by molar-refractivity contribution is 9.10. The van der Waals surface area contributed by atoms with Gasteiger partial charge in [-0.15, -0.1) is 0 Å². The van der Waals surface area contributed by atoms with Crippen LogP contribution in [-0.2, 0) is 4.79 Å². The van der Waals surface area contributed by atoms with E-state index in [0.717, 1.165) is 35.7 Å². The maximum atomic E-state index is 12.2. The molecule has 0 bridgehead atoms. The van der Waals surface area contributed by atoms with Crippen molar-refractivity contribution in [1.29, 1.82) is 0 Å². The predicted molar refractivity (Wildman–Crippen MR) is 88.0 cm³/mol. The molecular weight excluding hydrogens is 328 g/mol. The SMILES string of the molecule is O=C(N/N=C\c1cccc(Br)c1)C1[C@H]2CCC=CCC[C@@H]12. The second kappa shape index (κ2) is 6.56. The van der Waals surface area contributed by atoms with E-state index >= 15 is 0 Å². The van der Waals surface area contributed by atoms with Crippen LogP contribution in [0.5, 0.6) is 0 Å². The average molecular weight is 347 g/mol. The van der Waals surface area contributed by atoms with Gasteiger partial charge in [0.05, 0.1) is 6.21 Å². The molecule has 1 fully saturated rings. The number of halogens is 1. The summed E-state index contributed by atoms with van der Waals surface area (Å²) in [4.78, 5) is 12.2. The lowest BCUT2D eigenvalue weighted by Gasteiger charge is -1.99. The minimum absolute atomic E-state index is 0.0816. The van der Waals surface area contributed by atoms with Gasteiger partial charge in [-0.05, 0) is 55.2 Å². The number of rotatable bonds is 3. The Morgan fingerprint density at radius 1 is 1.24 bits per heavy atom. The van der Waals surface area contributed by atoms with Crippen LogP contribution >= 0.6 is 15.9 Å². The number of nitrogens with zero attached hydrogens (tertiary/aromatic N) is 1. The molecule has 3 atom stereocenters. The molecule has 3 nitrogen and oxygen atoms in total. The second-order valence-corrected chi connectivity index (χ2v) is 6.68. The van der Waals surface area contributed by atoms with Crippen LogP contribution in [0.1, 0.15) is 31.2 Å². The van der Waals surface area contributed by atoms with Gasteiger partial charge in [-0.2, -0.15) is 5.10 Å². The highest BCUT2D eigenvalue weighted by Crippen LogP contribution is 2.52. The third-order valence-corrected chi connectivity index (χ3v) is 4.86. The number of amides is 1. The minimum Gasteiger partial charge on any atom is -0.273 e. The number of carbonyl (C=O) groups excluding carboxylic acids is 1. The number of allylic oxidation sites excluding steroid dienone is 2. The normalized spacial score (nSPS) is 27.8. The molecule has 2 aliphatic rings. The first-order chi connectivity index (χ1) is 10.3. The Balaban J connectivity index is 1.53. The van der Waals surface area contributed by atoms with Crippen LogP contribution in [0.3, 0.4) is 0 Å². The van der Waals surface area contributed by atoms with Crippen LogP contribution in [0.4, 0.5) is 0 Å². The summed E-state index contributed by atoms with van der Waals surface area (Å²) in [6.45, 7) is 0. The van der Waals surface area contributed by atoms with Gasteiger partial charge < -0.3 is 0 Å². The van der Waals surface area contributed by atoms with Gasteiger partial charge in [0.25, 0.3) is 0 Å². The maximum Gasteiger partial charge on any atom is 0.243 e. The summed E-state index contributed by atoms with van der Waals surface area (Å²) in [6, 6.07) is 7.83. The first kappa shape index (κ1) is 14.5. The van der Waals surface area contributed by atoms with Crippen LogP contribution < -0.4 is 5.43 Å². The number of fused-ring (bicyclic) bond motifs is 1. The molecule has 110 valence electrons. The number of hydrazone groups is 1. The fourth-order valence-corrected chi connectivity index (χ4v) is 3.68. The summed E-state index contributed by atoms with van der Waals surface area (Å²) in [5.74, 6) is 1.38. The number of hydrogen-bond donors (Lipinski definition) is 1. The molecule has 1 amide bonds. The van der Waals surface area contributed by atoms with Gasteiger partial charge in [0, 0.05) is 10.4 Å². The van der Waals surface area contributed by atoms with Crippen LogP contribution in [-0.4, -0.2) is 12.1 Å². The van der Waals surface area contributed by atoms with Gasteiger partial charge in [-0.1, -0.05) is 40.2 Å². The smallest absolute Gasteiger partial charge is 0.243 e. The minimum atomic E-state index is 0.0816. The molecule has 1 aromatic carbocycles. The van der Waals surface area contributed by atoms with E-state index in [2.05, 4.69) is 38.6 Å². The highest BCUT2D eigenvalue weighted by Gasteiger charge is 2.53. The highest BCUT2D eigenvalue weighted by atomic mass is 79.9. The molecule has 4 heteroatoms. The lowest BCUT2D eigenvalue weighted by molar-refractivity contribution is -0.122. The molecule has 21 heavy (non-hydrogen) atoms. The molecule has 0 saturated heterocycles. The van der Waals surface area contributed by atoms with Gasteiger partial charge in [0.15, 0.2) is 0 Å². The van der Waals surface area contributed by atoms with E-state index in [0.29, 0.717) is 11.8 Å². The predicted octanol–water partition coefficient (Wildman–Crippen LogP) is 3.89. The molecule has 1 N–H and O–H groups in total. The molecule has 0 radical (unpaired) electrons. The van der Waals surface area contributed by atoms with Crippen molar-refractivity contribution in [3.05, 3.63) is 46.5 Å². The van der Waals surface area contributed by atoms with E-state index in [1.54, 1.807) is 6.21 Å². The quantitative estimate of drug-likeness (QED) is 0.503. The summed E-state index contributed by atoms with van der Waals surface area (Å²) in [5.41, 5.74) is 3.67. The summed E-state index contributed by atoms with van der Waals surface area (Å²) >= 11 is 3.42. The lowest BCUT2D eigenvalue weighted by atomic mass is 10.1. The zero-order valence-corrected chi connectivity index (χ0v) is 13.4. The Hall–Kier alpha value is -1.42. The summed E-state index contributed by atoms with van der Waals surface area (Å²) < 4.78 is 1.01. The summed E-state index contributed by atoms with van der Waals surface area (Å²) in [6.07, 6.45) is 10.7. The average Bonchev–Trinajstić information content (AvgIpc) is 3.10. The van der Waals surface area contributed by atoms with Crippen molar-refractivity contribution in [3.63, 3.8) is 0 Å². The van der Waals surface area contributed by atoms with Gasteiger partial charge in [0.2, 0.25) is 5.91 Å². The van der Waals surface area contributed by atoms with Crippen molar-refractivity contribution >= 4 is 28.1 Å². The second-order valence-electron chi connectivity index (χ2n) is 5.77. The zero-order valence-electron chi connectivity index (χ0n) is 11.8. The van der Waals surface area contributed by atoms with E-state index in [1.807, 2.05) is 24.3 Å². The van der Waals surface area contributed by atoms with Crippen molar-refractivity contribution in [2.45, 2.75) is 25.7 Å². The topological polar surface area (TPSA) is 41.5 Å². The fraction of sp³-hybridized carbons (Fsp3) is 0.412. The molecular formula is C17H19BrN2O. The first-order valence-corrected chi connectivity index (χ1v) is 8.28. The Kier molecular flexibility index (Phi) is 4.54. The van der Waals surface area contributed by atoms with Gasteiger partial charge >= 0.3 is 0 Å². The fourth-order valence-electron chi connectivity index (χ4n) is 3.27. The Bertz CT molecular complexity index is 566. The maximum absolute atomic E-state index is 12.2. The molecule has 2 aliphatic carbocycles. The van der Waals surface area contributed by atoms with E-state index < -0.39 is 0 Å². The van der Waals surface area contributed by atoms with Crippen LogP contribution in [0, 0.1) is 17.8 Å². The largest absolute Gasteiger partial charge is 0.273 e. The lowest BCUT2D eigenvalue weighted by Crippen LogP contribution is -2.21. The van der Waals surface area contributed by atoms with Crippen molar-refractivity contribution in [1.82, 2.24) is 5.43 Å². The molecule has 1 aromatic rings. The van der Waals surface area contributed by atoms with Gasteiger partial charge in [-0.3, -0.25) is 4.79 Å². The number of nitrogens with one attached hydrogen (secondary N) is 1. The summed E-state index contributed by atoms with van der Waals surface area (Å²) in [7, 11) is 0. The third kappa shape index (κ3) is 3.62. The first-order valence-electron chi connectivity index (χ1n) is 7.49. The molecule has 1 unspecified atom stereocenters. The number of hydrogen-bond acceptors (Lipinski definition) is 2. The van der Waals surface area contributed by atoms with Crippen molar-refractivity contribution < 1.29 is 4.79 Å². The van der Waals surface area contributed by atoms with Crippen molar-refractivity contribution in [2.75, 3.05) is 0 Å². The molecule has 0 heterocycles. The van der Waals surface area contributed by atoms with Gasteiger partial charge in [-0.25, -0.2) is 5.43 Å². The molecule has 0 spiro atoms. The third-order valence-electron chi connectivity index (χ3n) is 4.37. The number of benzene rings is 1. The van der Waals surface area contributed by atoms with Crippen LogP contribution in [0.25, 0.3) is 0 Å². The van der Waals surface area contributed by atoms with Gasteiger partial charge in [0.1, 0.15) is 0 Å². The van der Waals surface area contributed by atoms with E-state index in [9.17, 15) is 4.79 Å². The van der Waals surface area contributed by atoms with E-state index in [-0.39, 0.29) is 11.8 Å². The van der Waals surface area contributed by atoms with E-state index in [4.69, 9.17) is 0 Å². The van der Waals surface area contributed by atoms with Crippen LogP contribution in [0.2, 0.25) is 0 Å². The molecule has 0 aromatic heterocycles. The summed E-state index contributed by atoms with van der Waals surface area (Å²) in [5, 5.41) is 4.09. The van der Waals surface area contributed by atoms with Crippen molar-refractivity contribution in [2.24, 2.45) is 22.9 Å². The molecule has 3 rings (SSSR count). The Labute approximate surface area is 133 Å². The standard InChI is InChI=1S/C17H19BrN2O/c18-13-7-5-6-12(10-13)11-19-20-17(21)16-14-8-3-1-2-4-9-15(14)16/h1-2,5-7,10-11,14-16H,3-4,8-9H2,(H,20,21)/b2-1?,19-11-/t14-,15+,16?. The van der Waals surface area contributed by atoms with E-state index in [1.165, 1.54) is 0 Å². The van der Waals surface area contributed by atoms with Crippen molar-refractivity contribution in [3.8, 4) is 0 Å². The Morgan fingerprint density at radius 3 is 2.62 bits per heavy atom. The Morgan fingerprint density at radius 2 is 1.95 bits per heavy atom. The molecule has 0 aliphatic heterocycles. The monoisotopic (exact) mass is 346 g/mol. The zero-order chi connectivity index (χ0) is 14.7. The van der Waals surface area contributed by atoms with Crippen LogP contribution in [0.15, 0.2) is 46.0 Å². The number of carbonyl (C=O) groups is 1. The molecule has 1 saturated carbocycles.